The van der Waals surface area contributed by atoms with Crippen molar-refractivity contribution in [1.29, 1.82) is 0 Å². The van der Waals surface area contributed by atoms with Gasteiger partial charge in [0.2, 0.25) is 5.91 Å². The van der Waals surface area contributed by atoms with Gasteiger partial charge in [0.25, 0.3) is 15.9 Å². The van der Waals surface area contributed by atoms with Crippen LogP contribution in [0.4, 0.5) is 5.69 Å². The molecule has 1 aliphatic heterocycles. The third-order valence-electron chi connectivity index (χ3n) is 4.54. The molecule has 3 rings (SSSR count). The second-order valence-corrected chi connectivity index (χ2v) is 10.0. The van der Waals surface area contributed by atoms with E-state index in [1.165, 1.54) is 19.2 Å². The third-order valence-corrected chi connectivity index (χ3v) is 7.88. The lowest BCUT2D eigenvalue weighted by Crippen LogP contribution is -2.40. The summed E-state index contributed by atoms with van der Waals surface area (Å²) in [6.45, 7) is 3.44. The van der Waals surface area contributed by atoms with Crippen LogP contribution in [0.5, 0.6) is 0 Å². The summed E-state index contributed by atoms with van der Waals surface area (Å²) in [7, 11) is -2.54. The topological polar surface area (TPSA) is 96.0 Å². The Morgan fingerprint density at radius 3 is 2.55 bits per heavy atom. The maximum Gasteiger partial charge on any atom is 0.264 e. The molecule has 8 nitrogen and oxygen atoms in total. The Bertz CT molecular complexity index is 997. The molecular weight excluding hydrogens is 414 g/mol. The first-order chi connectivity index (χ1) is 13.8. The first kappa shape index (κ1) is 21.4. The number of ether oxygens (including phenoxy) is 1. The number of aryl methyl sites for hydroxylation is 1. The monoisotopic (exact) mass is 437 g/mol. The molecule has 0 unspecified atom stereocenters. The van der Waals surface area contributed by atoms with E-state index in [2.05, 4.69) is 5.32 Å². The minimum absolute atomic E-state index is 0.0281. The largest absolute Gasteiger partial charge is 0.378 e. The molecule has 0 atom stereocenters. The summed E-state index contributed by atoms with van der Waals surface area (Å²) in [5.74, 6) is -0.647. The van der Waals surface area contributed by atoms with Gasteiger partial charge in [-0.2, -0.15) is 4.31 Å². The van der Waals surface area contributed by atoms with Crippen molar-refractivity contribution < 1.29 is 22.7 Å². The highest BCUT2D eigenvalue weighted by atomic mass is 32.2. The molecule has 1 aromatic heterocycles. The molecule has 2 amide bonds. The lowest BCUT2D eigenvalue weighted by molar-refractivity contribution is -0.116. The molecule has 1 saturated heterocycles. The summed E-state index contributed by atoms with van der Waals surface area (Å²) < 4.78 is 31.9. The number of benzene rings is 1. The molecule has 1 aliphatic rings. The highest BCUT2D eigenvalue weighted by Gasteiger charge is 2.27. The van der Waals surface area contributed by atoms with Gasteiger partial charge in [-0.15, -0.1) is 11.3 Å². The highest BCUT2D eigenvalue weighted by molar-refractivity contribution is 7.91. The van der Waals surface area contributed by atoms with Crippen molar-refractivity contribution in [3.63, 3.8) is 0 Å². The van der Waals surface area contributed by atoms with Gasteiger partial charge >= 0.3 is 0 Å². The molecule has 0 bridgehead atoms. The van der Waals surface area contributed by atoms with Crippen LogP contribution in [0.25, 0.3) is 0 Å². The summed E-state index contributed by atoms with van der Waals surface area (Å²) >= 11 is 0.910. The number of hydrogen-bond acceptors (Lipinski definition) is 6. The number of nitrogens with one attached hydrogen (secondary N) is 1. The van der Waals surface area contributed by atoms with Gasteiger partial charge in [0.15, 0.2) is 0 Å². The number of carbonyl (C=O) groups excluding carboxylic acids is 2. The lowest BCUT2D eigenvalue weighted by Gasteiger charge is -2.26. The number of amides is 2. The molecule has 1 fully saturated rings. The fraction of sp³-hybridized carbons (Fsp3) is 0.368. The second-order valence-electron chi connectivity index (χ2n) is 6.65. The first-order valence-electron chi connectivity index (χ1n) is 9.07. The van der Waals surface area contributed by atoms with Gasteiger partial charge < -0.3 is 15.0 Å². The lowest BCUT2D eigenvalue weighted by atomic mass is 10.2. The number of hydrogen-bond donors (Lipinski definition) is 1. The zero-order valence-electron chi connectivity index (χ0n) is 16.3. The van der Waals surface area contributed by atoms with Crippen LogP contribution in [-0.2, 0) is 19.6 Å². The quantitative estimate of drug-likeness (QED) is 0.743. The van der Waals surface area contributed by atoms with Gasteiger partial charge in [-0.05, 0) is 30.7 Å². The number of likely N-dealkylation sites (N-methyl/N-ethyl adjacent to an activating group) is 1. The van der Waals surface area contributed by atoms with Gasteiger partial charge in [0.05, 0.1) is 24.6 Å². The normalized spacial score (nSPS) is 14.8. The molecule has 2 aromatic rings. The van der Waals surface area contributed by atoms with Crippen LogP contribution in [0.15, 0.2) is 40.6 Å². The van der Waals surface area contributed by atoms with Crippen molar-refractivity contribution in [2.24, 2.45) is 0 Å². The number of nitrogens with zero attached hydrogens (tertiary/aromatic N) is 2. The van der Waals surface area contributed by atoms with E-state index in [-0.39, 0.29) is 16.7 Å². The van der Waals surface area contributed by atoms with Crippen LogP contribution in [0.1, 0.15) is 15.2 Å². The van der Waals surface area contributed by atoms with Crippen LogP contribution < -0.4 is 5.32 Å². The summed E-state index contributed by atoms with van der Waals surface area (Å²) in [5.41, 5.74) is 1.52. The van der Waals surface area contributed by atoms with E-state index in [1.807, 2.05) is 19.1 Å². The minimum Gasteiger partial charge on any atom is -0.378 e. The molecule has 0 spiro atoms. The minimum atomic E-state index is -3.88. The Morgan fingerprint density at radius 2 is 1.86 bits per heavy atom. The van der Waals surface area contributed by atoms with E-state index in [4.69, 9.17) is 4.74 Å². The van der Waals surface area contributed by atoms with Gasteiger partial charge in [0, 0.05) is 25.8 Å². The Morgan fingerprint density at radius 1 is 1.17 bits per heavy atom. The maximum absolute atomic E-state index is 12.8. The summed E-state index contributed by atoms with van der Waals surface area (Å²) in [4.78, 5) is 26.8. The fourth-order valence-corrected chi connectivity index (χ4v) is 5.45. The number of morpholine rings is 1. The predicted octanol–water partition coefficient (Wildman–Crippen LogP) is 1.79. The highest BCUT2D eigenvalue weighted by Crippen LogP contribution is 2.26. The summed E-state index contributed by atoms with van der Waals surface area (Å²) in [6.07, 6.45) is 0. The van der Waals surface area contributed by atoms with Crippen molar-refractivity contribution in [2.45, 2.75) is 11.1 Å². The molecule has 0 saturated carbocycles. The number of para-hydroxylation sites is 1. The van der Waals surface area contributed by atoms with Crippen LogP contribution in [0, 0.1) is 6.92 Å². The zero-order valence-corrected chi connectivity index (χ0v) is 17.9. The molecule has 1 aromatic carbocycles. The van der Waals surface area contributed by atoms with E-state index in [9.17, 15) is 18.0 Å². The van der Waals surface area contributed by atoms with Gasteiger partial charge in [-0.3, -0.25) is 9.59 Å². The molecule has 0 aliphatic carbocycles. The van der Waals surface area contributed by atoms with Crippen molar-refractivity contribution >= 4 is 38.9 Å². The number of sulfonamides is 1. The average Bonchev–Trinajstić information content (AvgIpc) is 3.21. The van der Waals surface area contributed by atoms with Crippen LogP contribution in [0.3, 0.4) is 0 Å². The van der Waals surface area contributed by atoms with Crippen LogP contribution in [-0.4, -0.2) is 69.3 Å². The van der Waals surface area contributed by atoms with E-state index < -0.39 is 15.9 Å². The molecular formula is C19H23N3O5S2. The molecule has 1 N–H and O–H groups in total. The summed E-state index contributed by atoms with van der Waals surface area (Å²) in [5, 5.41) is 2.72. The SMILES string of the molecule is Cc1ccccc1NC(=O)CN(C)S(=O)(=O)c1ccc(C(=O)N2CCOCC2)s1. The Labute approximate surface area is 174 Å². The number of thiophene rings is 1. The van der Waals surface area contributed by atoms with Gasteiger partial charge in [-0.25, -0.2) is 8.42 Å². The second kappa shape index (κ2) is 9.04. The van der Waals surface area contributed by atoms with E-state index >= 15 is 0 Å². The first-order valence-corrected chi connectivity index (χ1v) is 11.3. The third kappa shape index (κ3) is 5.02. The number of rotatable bonds is 6. The zero-order chi connectivity index (χ0) is 21.0. The smallest absolute Gasteiger partial charge is 0.264 e. The average molecular weight is 438 g/mol. The summed E-state index contributed by atoms with van der Waals surface area (Å²) in [6, 6.07) is 10.2. The predicted molar refractivity (Wildman–Crippen MR) is 111 cm³/mol. The fourth-order valence-electron chi connectivity index (χ4n) is 2.84. The molecule has 2 heterocycles. The Balaban J connectivity index is 1.66. The van der Waals surface area contributed by atoms with Crippen molar-refractivity contribution in [3.8, 4) is 0 Å². The van der Waals surface area contributed by atoms with Gasteiger partial charge in [0.1, 0.15) is 4.21 Å². The molecule has 156 valence electrons. The van der Waals surface area contributed by atoms with Crippen LogP contribution >= 0.6 is 11.3 Å². The van der Waals surface area contributed by atoms with E-state index in [0.717, 1.165) is 21.2 Å². The van der Waals surface area contributed by atoms with Crippen LogP contribution in [0.2, 0.25) is 0 Å². The number of anilines is 1. The molecule has 10 heteroatoms. The van der Waals surface area contributed by atoms with E-state index in [0.29, 0.717) is 36.9 Å². The van der Waals surface area contributed by atoms with Crippen molar-refractivity contribution in [3.05, 3.63) is 46.8 Å². The van der Waals surface area contributed by atoms with Crippen molar-refractivity contribution in [2.75, 3.05) is 45.2 Å². The molecule has 29 heavy (non-hydrogen) atoms. The Hall–Kier alpha value is -2.27. The molecule has 0 radical (unpaired) electrons. The van der Waals surface area contributed by atoms with Crippen molar-refractivity contribution in [1.82, 2.24) is 9.21 Å². The maximum atomic E-state index is 12.8. The standard InChI is InChI=1S/C19H23N3O5S2/c1-14-5-3-4-6-15(14)20-17(23)13-21(2)29(25,26)18-8-7-16(28-18)19(24)22-9-11-27-12-10-22/h3-8H,9-13H2,1-2H3,(H,20,23). The van der Waals surface area contributed by atoms with E-state index in [1.54, 1.807) is 17.0 Å². The number of carbonyl (C=O) groups is 2. The van der Waals surface area contributed by atoms with Gasteiger partial charge in [-0.1, -0.05) is 18.2 Å². The Kier molecular flexibility index (Phi) is 6.68.